The van der Waals surface area contributed by atoms with Gasteiger partial charge in [0.2, 0.25) is 5.84 Å². The van der Waals surface area contributed by atoms with Crippen LogP contribution in [-0.4, -0.2) is 18.9 Å². The highest BCUT2D eigenvalue weighted by atomic mass is 19.4. The predicted molar refractivity (Wildman–Crippen MR) is 123 cm³/mol. The lowest BCUT2D eigenvalue weighted by molar-refractivity contribution is -0.137. The van der Waals surface area contributed by atoms with Gasteiger partial charge in [-0.3, -0.25) is 10.4 Å². The summed E-state index contributed by atoms with van der Waals surface area (Å²) in [7, 11) is 1.19. The van der Waals surface area contributed by atoms with Crippen molar-refractivity contribution in [3.8, 4) is 0 Å². The van der Waals surface area contributed by atoms with E-state index >= 15 is 0 Å². The fourth-order valence-corrected chi connectivity index (χ4v) is 4.23. The summed E-state index contributed by atoms with van der Waals surface area (Å²) < 4.78 is 49.6. The zero-order chi connectivity index (χ0) is 24.7. The summed E-state index contributed by atoms with van der Waals surface area (Å²) >= 11 is 0. The zero-order valence-corrected chi connectivity index (χ0v) is 18.2. The molecule has 1 aromatic heterocycles. The molecule has 7 nitrogen and oxygen atoms in total. The number of fused-ring (bicyclic) bond motifs is 3. The number of methoxy groups -OCH3 is 1. The first kappa shape index (κ1) is 22.6. The van der Waals surface area contributed by atoms with E-state index in [0.717, 1.165) is 22.9 Å². The Labute approximate surface area is 196 Å². The van der Waals surface area contributed by atoms with Gasteiger partial charge < -0.3 is 9.15 Å². The van der Waals surface area contributed by atoms with Crippen molar-refractivity contribution in [1.82, 2.24) is 10.9 Å². The first-order chi connectivity index (χ1) is 16.8. The number of esters is 1. The number of halogens is 3. The minimum absolute atomic E-state index is 0.147. The molecule has 0 radical (unpaired) electrons. The molecule has 2 atom stereocenters. The van der Waals surface area contributed by atoms with E-state index in [4.69, 9.17) is 9.15 Å². The van der Waals surface area contributed by atoms with Gasteiger partial charge in [0.05, 0.1) is 24.8 Å². The molecule has 2 unspecified atom stereocenters. The summed E-state index contributed by atoms with van der Waals surface area (Å²) in [5.74, 6) is -0.900. The maximum atomic E-state index is 13.1. The summed E-state index contributed by atoms with van der Waals surface area (Å²) in [6.45, 7) is 0. The van der Waals surface area contributed by atoms with Gasteiger partial charge in [-0.05, 0) is 28.6 Å². The molecule has 178 valence electrons. The third-order valence-electron chi connectivity index (χ3n) is 5.89. The maximum Gasteiger partial charge on any atom is 0.416 e. The van der Waals surface area contributed by atoms with Crippen LogP contribution in [0.1, 0.15) is 28.8 Å². The molecule has 5 rings (SSSR count). The summed E-state index contributed by atoms with van der Waals surface area (Å²) in [5.41, 5.74) is 5.54. The maximum absolute atomic E-state index is 13.1. The van der Waals surface area contributed by atoms with Gasteiger partial charge in [0.1, 0.15) is 5.58 Å². The van der Waals surface area contributed by atoms with Crippen LogP contribution in [0.2, 0.25) is 0 Å². The number of carbonyl (C=O) groups is 1. The van der Waals surface area contributed by atoms with Crippen molar-refractivity contribution in [2.24, 2.45) is 4.99 Å². The molecule has 0 spiro atoms. The highest BCUT2D eigenvalue weighted by molar-refractivity contribution is 6.35. The van der Waals surface area contributed by atoms with Crippen LogP contribution in [0.3, 0.4) is 0 Å². The zero-order valence-electron chi connectivity index (χ0n) is 18.2. The molecule has 1 aliphatic rings. The van der Waals surface area contributed by atoms with E-state index in [9.17, 15) is 22.8 Å². The van der Waals surface area contributed by atoms with E-state index in [1.165, 1.54) is 25.3 Å². The number of nitrogens with one attached hydrogen (secondary N) is 2. The summed E-state index contributed by atoms with van der Waals surface area (Å²) in [4.78, 5) is 29.1. The van der Waals surface area contributed by atoms with Crippen LogP contribution in [0.4, 0.5) is 13.2 Å². The average molecular weight is 481 g/mol. The lowest BCUT2D eigenvalue weighted by atomic mass is 9.90. The quantitative estimate of drug-likeness (QED) is 0.256. The molecular weight excluding hydrogens is 463 g/mol. The van der Waals surface area contributed by atoms with Crippen LogP contribution < -0.4 is 16.5 Å². The number of amidine groups is 1. The molecule has 1 aliphatic heterocycles. The van der Waals surface area contributed by atoms with E-state index in [0.29, 0.717) is 22.1 Å². The first-order valence-corrected chi connectivity index (χ1v) is 10.6. The Morgan fingerprint density at radius 2 is 1.77 bits per heavy atom. The van der Waals surface area contributed by atoms with Gasteiger partial charge in [-0.25, -0.2) is 15.0 Å². The monoisotopic (exact) mass is 481 g/mol. The molecule has 3 aromatic carbocycles. The van der Waals surface area contributed by atoms with Gasteiger partial charge in [0.15, 0.2) is 0 Å². The number of hydrogen-bond donors (Lipinski definition) is 2. The highest BCUT2D eigenvalue weighted by Crippen LogP contribution is 2.39. The van der Waals surface area contributed by atoms with Crippen molar-refractivity contribution in [2.45, 2.75) is 18.3 Å². The second-order valence-corrected chi connectivity index (χ2v) is 7.97. The van der Waals surface area contributed by atoms with Crippen LogP contribution >= 0.6 is 0 Å². The first-order valence-electron chi connectivity index (χ1n) is 10.6. The van der Waals surface area contributed by atoms with Crippen molar-refractivity contribution in [3.63, 3.8) is 0 Å². The third-order valence-corrected chi connectivity index (χ3v) is 5.89. The minimum atomic E-state index is -4.50. The number of nitrogens with zero attached hydrogens (tertiary/aromatic N) is 1. The van der Waals surface area contributed by atoms with Crippen LogP contribution in [-0.2, 0) is 15.7 Å². The molecule has 0 aliphatic carbocycles. The Balaban J connectivity index is 1.69. The van der Waals surface area contributed by atoms with Crippen LogP contribution in [0.15, 0.2) is 80.9 Å². The number of hydrogen-bond acceptors (Lipinski definition) is 7. The van der Waals surface area contributed by atoms with Gasteiger partial charge in [-0.2, -0.15) is 13.2 Å². The van der Waals surface area contributed by atoms with E-state index in [1.807, 2.05) is 30.3 Å². The van der Waals surface area contributed by atoms with Crippen molar-refractivity contribution in [3.05, 3.63) is 93.8 Å². The van der Waals surface area contributed by atoms with Crippen molar-refractivity contribution in [1.29, 1.82) is 0 Å². The molecule has 10 heteroatoms. The number of aliphatic imine (C=N–C) groups is 1. The average Bonchev–Trinajstić information content (AvgIpc) is 2.87. The van der Waals surface area contributed by atoms with Gasteiger partial charge >= 0.3 is 17.8 Å². The number of alkyl halides is 3. The molecule has 0 saturated carbocycles. The van der Waals surface area contributed by atoms with Gasteiger partial charge in [-0.15, -0.1) is 0 Å². The van der Waals surface area contributed by atoms with Crippen LogP contribution in [0.25, 0.3) is 21.7 Å². The van der Waals surface area contributed by atoms with Crippen LogP contribution in [0.5, 0.6) is 0 Å². The Hall–Kier alpha value is -4.18. The summed E-state index contributed by atoms with van der Waals surface area (Å²) in [6.07, 6.45) is -4.50. The standard InChI is InChI=1S/C25H18F3N3O4/c1-34-24(33)23-29-20(14-6-9-15(10-7-14)25(26,27)28)21(30-31-23)18-12-19(32)35-22-16-5-3-2-4-13(16)8-11-17(18)22/h2-12,20-21,30H,1H3,(H,29,31). The molecule has 0 saturated heterocycles. The highest BCUT2D eigenvalue weighted by Gasteiger charge is 2.35. The largest absolute Gasteiger partial charge is 0.463 e. The third kappa shape index (κ3) is 4.12. The molecule has 2 heterocycles. The SMILES string of the molecule is COC(=O)C1=NC(c2ccc(C(F)(F)F)cc2)C(c2cc(=O)oc3c2ccc2ccccc23)NN1. The molecule has 0 amide bonds. The topological polar surface area (TPSA) is 92.9 Å². The van der Waals surface area contributed by atoms with Crippen LogP contribution in [0, 0.1) is 0 Å². The number of benzene rings is 3. The Morgan fingerprint density at radius 1 is 1.03 bits per heavy atom. The molecule has 0 fully saturated rings. The fourth-order valence-electron chi connectivity index (χ4n) is 4.23. The summed E-state index contributed by atoms with van der Waals surface area (Å²) in [5, 5.41) is 2.23. The Kier molecular flexibility index (Phi) is 5.52. The Morgan fingerprint density at radius 3 is 2.49 bits per heavy atom. The van der Waals surface area contributed by atoms with Gasteiger partial charge in [0.25, 0.3) is 0 Å². The smallest absolute Gasteiger partial charge is 0.416 e. The second-order valence-electron chi connectivity index (χ2n) is 7.97. The lowest BCUT2D eigenvalue weighted by Crippen LogP contribution is -2.49. The van der Waals surface area contributed by atoms with Crippen molar-refractivity contribution >= 4 is 33.5 Å². The molecular formula is C25H18F3N3O4. The molecule has 2 N–H and O–H groups in total. The number of hydrazine groups is 1. The van der Waals surface area contributed by atoms with Crippen molar-refractivity contribution < 1.29 is 27.1 Å². The van der Waals surface area contributed by atoms with E-state index in [1.54, 1.807) is 6.07 Å². The number of carbonyl (C=O) groups excluding carboxylic acids is 1. The van der Waals surface area contributed by atoms with E-state index in [-0.39, 0.29) is 5.84 Å². The molecule has 4 aromatic rings. The second kappa shape index (κ2) is 8.55. The lowest BCUT2D eigenvalue weighted by Gasteiger charge is -2.32. The predicted octanol–water partition coefficient (Wildman–Crippen LogP) is 4.43. The summed E-state index contributed by atoms with van der Waals surface area (Å²) in [6, 6.07) is 15.3. The molecule has 35 heavy (non-hydrogen) atoms. The fraction of sp³-hybridized carbons (Fsp3) is 0.160. The number of rotatable bonds is 3. The van der Waals surface area contributed by atoms with E-state index in [2.05, 4.69) is 15.8 Å². The van der Waals surface area contributed by atoms with Gasteiger partial charge in [0, 0.05) is 16.8 Å². The number of ether oxygens (including phenoxy) is 1. The van der Waals surface area contributed by atoms with Crippen molar-refractivity contribution in [2.75, 3.05) is 7.11 Å². The van der Waals surface area contributed by atoms with Gasteiger partial charge in [-0.1, -0.05) is 48.5 Å². The normalized spacial score (nSPS) is 18.2. The minimum Gasteiger partial charge on any atom is -0.463 e. The Bertz CT molecular complexity index is 1530. The van der Waals surface area contributed by atoms with E-state index < -0.39 is 35.4 Å². The molecule has 0 bridgehead atoms.